The normalized spacial score (nSPS) is 10.2. The molecule has 0 radical (unpaired) electrons. The molecule has 0 aliphatic rings. The monoisotopic (exact) mass is 199 g/mol. The summed E-state index contributed by atoms with van der Waals surface area (Å²) in [5.41, 5.74) is 8.97. The summed E-state index contributed by atoms with van der Waals surface area (Å²) in [6.07, 6.45) is 0. The number of hydrogen-bond acceptors (Lipinski definition) is 2. The highest BCUT2D eigenvalue weighted by Crippen LogP contribution is 2.33. The minimum atomic E-state index is 0.177. The van der Waals surface area contributed by atoms with Crippen molar-refractivity contribution in [1.82, 2.24) is 0 Å². The Bertz CT molecular complexity index is 477. The summed E-state index contributed by atoms with van der Waals surface area (Å²) in [7, 11) is 0. The molecule has 15 heavy (non-hydrogen) atoms. The third-order valence-electron chi connectivity index (χ3n) is 2.55. The molecule has 0 unspecified atom stereocenters. The molecule has 0 aromatic heterocycles. The lowest BCUT2D eigenvalue weighted by Gasteiger charge is -2.09. The van der Waals surface area contributed by atoms with Gasteiger partial charge in [-0.1, -0.05) is 36.4 Å². The zero-order valence-electron chi connectivity index (χ0n) is 8.57. The minimum absolute atomic E-state index is 0.177. The van der Waals surface area contributed by atoms with Crippen LogP contribution in [0.1, 0.15) is 5.56 Å². The highest BCUT2D eigenvalue weighted by molar-refractivity contribution is 5.74. The molecule has 76 valence electrons. The number of hydrogen-bond donors (Lipinski definition) is 2. The van der Waals surface area contributed by atoms with Crippen LogP contribution >= 0.6 is 0 Å². The summed E-state index contributed by atoms with van der Waals surface area (Å²) in [4.78, 5) is 0. The van der Waals surface area contributed by atoms with E-state index in [1.54, 1.807) is 6.07 Å². The van der Waals surface area contributed by atoms with Crippen molar-refractivity contribution in [3.8, 4) is 16.9 Å². The molecule has 0 heterocycles. The summed E-state index contributed by atoms with van der Waals surface area (Å²) in [5, 5.41) is 9.72. The highest BCUT2D eigenvalue weighted by atomic mass is 16.3. The van der Waals surface area contributed by atoms with Gasteiger partial charge in [0.1, 0.15) is 5.75 Å². The molecule has 0 amide bonds. The first kappa shape index (κ1) is 9.59. The number of benzene rings is 2. The van der Waals surface area contributed by atoms with Crippen LogP contribution in [0, 0.1) is 6.92 Å². The number of phenolic OH excluding ortho intramolecular Hbond substituents is 1. The van der Waals surface area contributed by atoms with Crippen LogP contribution in [-0.2, 0) is 0 Å². The molecule has 3 N–H and O–H groups in total. The van der Waals surface area contributed by atoms with Crippen LogP contribution in [0.25, 0.3) is 11.1 Å². The van der Waals surface area contributed by atoms with Gasteiger partial charge in [-0.3, -0.25) is 0 Å². The van der Waals surface area contributed by atoms with E-state index in [1.807, 2.05) is 43.3 Å². The predicted octanol–water partition coefficient (Wildman–Crippen LogP) is 2.95. The summed E-state index contributed by atoms with van der Waals surface area (Å²) in [6, 6.07) is 13.6. The van der Waals surface area contributed by atoms with Crippen molar-refractivity contribution >= 4 is 5.69 Å². The summed E-state index contributed by atoms with van der Waals surface area (Å²) in [6.45, 7) is 1.87. The molecule has 2 heteroatoms. The van der Waals surface area contributed by atoms with E-state index in [0.29, 0.717) is 5.69 Å². The minimum Gasteiger partial charge on any atom is -0.505 e. The van der Waals surface area contributed by atoms with Gasteiger partial charge in [-0.05, 0) is 24.1 Å². The van der Waals surface area contributed by atoms with Crippen LogP contribution in [0.5, 0.6) is 5.75 Å². The number of nitrogen functional groups attached to an aromatic ring is 1. The van der Waals surface area contributed by atoms with Gasteiger partial charge in [0.05, 0.1) is 5.69 Å². The van der Waals surface area contributed by atoms with E-state index in [1.165, 1.54) is 0 Å². The van der Waals surface area contributed by atoms with Gasteiger partial charge in [0.15, 0.2) is 0 Å². The summed E-state index contributed by atoms with van der Waals surface area (Å²) < 4.78 is 0. The largest absolute Gasteiger partial charge is 0.505 e. The molecule has 2 nitrogen and oxygen atoms in total. The molecular formula is C13H13NO. The topological polar surface area (TPSA) is 46.2 Å². The lowest BCUT2D eigenvalue weighted by Crippen LogP contribution is -1.90. The van der Waals surface area contributed by atoms with Gasteiger partial charge < -0.3 is 10.8 Å². The second kappa shape index (κ2) is 3.65. The Balaban J connectivity index is 2.60. The molecule has 0 bridgehead atoms. The first-order chi connectivity index (χ1) is 7.20. The molecule has 0 fully saturated rings. The van der Waals surface area contributed by atoms with E-state index in [-0.39, 0.29) is 5.75 Å². The molecule has 0 saturated heterocycles. The summed E-state index contributed by atoms with van der Waals surface area (Å²) >= 11 is 0. The van der Waals surface area contributed by atoms with Crippen LogP contribution < -0.4 is 5.73 Å². The number of nitrogens with two attached hydrogens (primary N) is 1. The van der Waals surface area contributed by atoms with Gasteiger partial charge in [-0.2, -0.15) is 0 Å². The molecular weight excluding hydrogens is 186 g/mol. The Hall–Kier alpha value is -1.96. The molecule has 2 rings (SSSR count). The van der Waals surface area contributed by atoms with Crippen molar-refractivity contribution in [3.63, 3.8) is 0 Å². The van der Waals surface area contributed by atoms with Crippen molar-refractivity contribution in [2.45, 2.75) is 6.92 Å². The number of rotatable bonds is 1. The quantitative estimate of drug-likeness (QED) is 0.548. The third-order valence-corrected chi connectivity index (χ3v) is 2.55. The summed E-state index contributed by atoms with van der Waals surface area (Å²) in [5.74, 6) is 0.177. The van der Waals surface area contributed by atoms with E-state index < -0.39 is 0 Å². The fraction of sp³-hybridized carbons (Fsp3) is 0.0769. The maximum Gasteiger partial charge on any atom is 0.141 e. The second-order valence-electron chi connectivity index (χ2n) is 3.54. The van der Waals surface area contributed by atoms with Gasteiger partial charge in [-0.25, -0.2) is 0 Å². The first-order valence-corrected chi connectivity index (χ1v) is 4.83. The number of aromatic hydroxyl groups is 1. The number of phenols is 1. The molecule has 0 atom stereocenters. The van der Waals surface area contributed by atoms with Crippen LogP contribution in [0.15, 0.2) is 42.5 Å². The highest BCUT2D eigenvalue weighted by Gasteiger charge is 2.07. The molecule has 2 aromatic rings. The molecule has 0 aliphatic heterocycles. The Morgan fingerprint density at radius 1 is 1.00 bits per heavy atom. The molecule has 0 saturated carbocycles. The smallest absolute Gasteiger partial charge is 0.141 e. The SMILES string of the molecule is Cc1c(-c2ccccc2)ccc(N)c1O. The van der Waals surface area contributed by atoms with E-state index >= 15 is 0 Å². The fourth-order valence-electron chi connectivity index (χ4n) is 1.65. The van der Waals surface area contributed by atoms with Crippen molar-refractivity contribution < 1.29 is 5.11 Å². The van der Waals surface area contributed by atoms with Crippen molar-refractivity contribution in [2.75, 3.05) is 5.73 Å². The van der Waals surface area contributed by atoms with Crippen LogP contribution in [0.2, 0.25) is 0 Å². The van der Waals surface area contributed by atoms with E-state index in [9.17, 15) is 5.11 Å². The lowest BCUT2D eigenvalue weighted by molar-refractivity contribution is 0.474. The molecule has 0 spiro atoms. The lowest BCUT2D eigenvalue weighted by atomic mass is 9.99. The molecule has 2 aromatic carbocycles. The van der Waals surface area contributed by atoms with Gasteiger partial charge in [-0.15, -0.1) is 0 Å². The maximum atomic E-state index is 9.72. The zero-order chi connectivity index (χ0) is 10.8. The average molecular weight is 199 g/mol. The van der Waals surface area contributed by atoms with Crippen molar-refractivity contribution in [2.24, 2.45) is 0 Å². The average Bonchev–Trinajstić information content (AvgIpc) is 2.27. The maximum absolute atomic E-state index is 9.72. The van der Waals surface area contributed by atoms with E-state index in [2.05, 4.69) is 0 Å². The van der Waals surface area contributed by atoms with Gasteiger partial charge >= 0.3 is 0 Å². The molecule has 0 aliphatic carbocycles. The van der Waals surface area contributed by atoms with E-state index in [0.717, 1.165) is 16.7 Å². The first-order valence-electron chi connectivity index (χ1n) is 4.83. The van der Waals surface area contributed by atoms with Crippen LogP contribution in [0.4, 0.5) is 5.69 Å². The van der Waals surface area contributed by atoms with Crippen molar-refractivity contribution in [1.29, 1.82) is 0 Å². The standard InChI is InChI=1S/C13H13NO/c1-9-11(7-8-12(14)13(9)15)10-5-3-2-4-6-10/h2-8,15H,14H2,1H3. The Labute approximate surface area is 89.0 Å². The Morgan fingerprint density at radius 2 is 1.67 bits per heavy atom. The van der Waals surface area contributed by atoms with Crippen LogP contribution in [0.3, 0.4) is 0 Å². The number of anilines is 1. The Kier molecular flexibility index (Phi) is 2.34. The van der Waals surface area contributed by atoms with Crippen LogP contribution in [-0.4, -0.2) is 5.11 Å². The zero-order valence-corrected chi connectivity index (χ0v) is 8.57. The Morgan fingerprint density at radius 3 is 2.33 bits per heavy atom. The van der Waals surface area contributed by atoms with Crippen molar-refractivity contribution in [3.05, 3.63) is 48.0 Å². The van der Waals surface area contributed by atoms with Gasteiger partial charge in [0.25, 0.3) is 0 Å². The third kappa shape index (κ3) is 1.66. The predicted molar refractivity (Wildman–Crippen MR) is 62.7 cm³/mol. The fourth-order valence-corrected chi connectivity index (χ4v) is 1.65. The van der Waals surface area contributed by atoms with Gasteiger partial charge in [0, 0.05) is 5.56 Å². The van der Waals surface area contributed by atoms with E-state index in [4.69, 9.17) is 5.73 Å². The second-order valence-corrected chi connectivity index (χ2v) is 3.54. The van der Waals surface area contributed by atoms with Gasteiger partial charge in [0.2, 0.25) is 0 Å².